The zero-order chi connectivity index (χ0) is 8.55. The second-order valence-electron chi connectivity index (χ2n) is 3.31. The molecule has 1 aliphatic carbocycles. The summed E-state index contributed by atoms with van der Waals surface area (Å²) in [6, 6.07) is 5.22. The maximum atomic E-state index is 13.2. The SMILES string of the molecule is Cl.N[C@@H]1CCCc2c(F)cccc21. The van der Waals surface area contributed by atoms with Gasteiger partial charge in [0.1, 0.15) is 5.82 Å². The highest BCUT2D eigenvalue weighted by Gasteiger charge is 2.18. The molecule has 0 amide bonds. The smallest absolute Gasteiger partial charge is 0.126 e. The van der Waals surface area contributed by atoms with Gasteiger partial charge < -0.3 is 5.73 Å². The molecule has 3 heteroatoms. The number of hydrogen-bond donors (Lipinski definition) is 1. The van der Waals surface area contributed by atoms with E-state index in [4.69, 9.17) is 5.73 Å². The van der Waals surface area contributed by atoms with Crippen molar-refractivity contribution in [1.82, 2.24) is 0 Å². The van der Waals surface area contributed by atoms with E-state index in [9.17, 15) is 4.39 Å². The van der Waals surface area contributed by atoms with E-state index in [1.54, 1.807) is 6.07 Å². The normalized spacial score (nSPS) is 20.3. The Labute approximate surface area is 83.5 Å². The third kappa shape index (κ3) is 1.84. The molecule has 0 saturated heterocycles. The van der Waals surface area contributed by atoms with E-state index in [0.717, 1.165) is 30.4 Å². The van der Waals surface area contributed by atoms with Crippen molar-refractivity contribution in [3.63, 3.8) is 0 Å². The first kappa shape index (κ1) is 10.5. The number of halogens is 2. The van der Waals surface area contributed by atoms with E-state index < -0.39 is 0 Å². The van der Waals surface area contributed by atoms with Gasteiger partial charge in [-0.25, -0.2) is 4.39 Å². The third-order valence-electron chi connectivity index (χ3n) is 2.50. The first-order valence-corrected chi connectivity index (χ1v) is 4.32. The van der Waals surface area contributed by atoms with Crippen molar-refractivity contribution in [2.45, 2.75) is 25.3 Å². The summed E-state index contributed by atoms with van der Waals surface area (Å²) in [7, 11) is 0. The van der Waals surface area contributed by atoms with E-state index in [1.165, 1.54) is 6.07 Å². The molecule has 2 N–H and O–H groups in total. The lowest BCUT2D eigenvalue weighted by Crippen LogP contribution is -2.18. The Morgan fingerprint density at radius 3 is 2.85 bits per heavy atom. The quantitative estimate of drug-likeness (QED) is 0.686. The minimum absolute atomic E-state index is 0. The predicted molar refractivity (Wildman–Crippen MR) is 53.5 cm³/mol. The van der Waals surface area contributed by atoms with Crippen LogP contribution >= 0.6 is 12.4 Å². The van der Waals surface area contributed by atoms with E-state index in [1.807, 2.05) is 6.07 Å². The van der Waals surface area contributed by atoms with Gasteiger partial charge in [0.05, 0.1) is 0 Å². The lowest BCUT2D eigenvalue weighted by Gasteiger charge is -2.22. The summed E-state index contributed by atoms with van der Waals surface area (Å²) in [6.07, 6.45) is 2.83. The first-order valence-electron chi connectivity index (χ1n) is 4.32. The van der Waals surface area contributed by atoms with Gasteiger partial charge in [0.15, 0.2) is 0 Å². The Balaban J connectivity index is 0.000000845. The zero-order valence-electron chi connectivity index (χ0n) is 7.29. The molecule has 0 radical (unpaired) electrons. The Kier molecular flexibility index (Phi) is 3.28. The largest absolute Gasteiger partial charge is 0.324 e. The standard InChI is InChI=1S/C10H12FN.ClH/c11-9-5-1-4-8-7(9)3-2-6-10(8)12;/h1,4-5,10H,2-3,6,12H2;1H/t10-;/m1./s1. The Morgan fingerprint density at radius 2 is 2.15 bits per heavy atom. The van der Waals surface area contributed by atoms with E-state index in [-0.39, 0.29) is 24.3 Å². The molecule has 1 aliphatic rings. The molecule has 0 bridgehead atoms. The van der Waals surface area contributed by atoms with Gasteiger partial charge in [-0.1, -0.05) is 12.1 Å². The van der Waals surface area contributed by atoms with Crippen LogP contribution in [0.5, 0.6) is 0 Å². The number of hydrogen-bond acceptors (Lipinski definition) is 1. The summed E-state index contributed by atoms with van der Waals surface area (Å²) in [5.74, 6) is -0.0948. The Bertz CT molecular complexity index is 301. The number of rotatable bonds is 0. The van der Waals surface area contributed by atoms with Gasteiger partial charge in [-0.3, -0.25) is 0 Å². The van der Waals surface area contributed by atoms with Crippen molar-refractivity contribution in [1.29, 1.82) is 0 Å². The van der Waals surface area contributed by atoms with E-state index in [0.29, 0.717) is 0 Å². The number of nitrogens with two attached hydrogens (primary N) is 1. The van der Waals surface area contributed by atoms with Gasteiger partial charge in [0, 0.05) is 6.04 Å². The van der Waals surface area contributed by atoms with Crippen LogP contribution < -0.4 is 5.73 Å². The van der Waals surface area contributed by atoms with Crippen LogP contribution in [-0.4, -0.2) is 0 Å². The maximum absolute atomic E-state index is 13.2. The highest BCUT2D eigenvalue weighted by molar-refractivity contribution is 5.85. The molecule has 0 fully saturated rings. The van der Waals surface area contributed by atoms with Crippen LogP contribution in [0, 0.1) is 5.82 Å². The van der Waals surface area contributed by atoms with Crippen LogP contribution in [0.2, 0.25) is 0 Å². The molecule has 1 nitrogen and oxygen atoms in total. The fraction of sp³-hybridized carbons (Fsp3) is 0.400. The summed E-state index contributed by atoms with van der Waals surface area (Å²) in [5, 5.41) is 0. The minimum Gasteiger partial charge on any atom is -0.324 e. The molecule has 0 saturated carbocycles. The molecule has 1 aromatic carbocycles. The third-order valence-corrected chi connectivity index (χ3v) is 2.50. The van der Waals surface area contributed by atoms with Gasteiger partial charge in [0.2, 0.25) is 0 Å². The second-order valence-corrected chi connectivity index (χ2v) is 3.31. The second kappa shape index (κ2) is 4.07. The van der Waals surface area contributed by atoms with Crippen LogP contribution in [0.3, 0.4) is 0 Å². The summed E-state index contributed by atoms with van der Waals surface area (Å²) in [4.78, 5) is 0. The van der Waals surface area contributed by atoms with Crippen LogP contribution in [0.1, 0.15) is 30.0 Å². The molecule has 1 aromatic rings. The van der Waals surface area contributed by atoms with E-state index >= 15 is 0 Å². The first-order chi connectivity index (χ1) is 5.79. The van der Waals surface area contributed by atoms with Crippen molar-refractivity contribution in [3.8, 4) is 0 Å². The molecule has 0 aromatic heterocycles. The van der Waals surface area contributed by atoms with Gasteiger partial charge in [-0.2, -0.15) is 0 Å². The monoisotopic (exact) mass is 201 g/mol. The lowest BCUT2D eigenvalue weighted by atomic mass is 9.88. The maximum Gasteiger partial charge on any atom is 0.126 e. The van der Waals surface area contributed by atoms with Crippen LogP contribution in [0.25, 0.3) is 0 Å². The molecular formula is C10H13ClFN. The average molecular weight is 202 g/mol. The summed E-state index contributed by atoms with van der Waals surface area (Å²) >= 11 is 0. The Morgan fingerprint density at radius 1 is 1.38 bits per heavy atom. The molecule has 0 spiro atoms. The van der Waals surface area contributed by atoms with Gasteiger partial charge in [0.25, 0.3) is 0 Å². The molecule has 72 valence electrons. The van der Waals surface area contributed by atoms with Crippen molar-refractivity contribution >= 4 is 12.4 Å². The molecule has 13 heavy (non-hydrogen) atoms. The molecule has 2 rings (SSSR count). The van der Waals surface area contributed by atoms with Crippen LogP contribution in [0.4, 0.5) is 4.39 Å². The summed E-state index contributed by atoms with van der Waals surface area (Å²) < 4.78 is 13.2. The highest BCUT2D eigenvalue weighted by atomic mass is 35.5. The fourth-order valence-electron chi connectivity index (χ4n) is 1.84. The highest BCUT2D eigenvalue weighted by Crippen LogP contribution is 2.29. The van der Waals surface area contributed by atoms with Crippen molar-refractivity contribution < 1.29 is 4.39 Å². The van der Waals surface area contributed by atoms with Crippen LogP contribution in [0.15, 0.2) is 18.2 Å². The van der Waals surface area contributed by atoms with Crippen molar-refractivity contribution in [2.24, 2.45) is 5.73 Å². The summed E-state index contributed by atoms with van der Waals surface area (Å²) in [6.45, 7) is 0. The fourth-order valence-corrected chi connectivity index (χ4v) is 1.84. The number of fused-ring (bicyclic) bond motifs is 1. The van der Waals surface area contributed by atoms with Crippen LogP contribution in [-0.2, 0) is 6.42 Å². The molecule has 0 heterocycles. The van der Waals surface area contributed by atoms with Gasteiger partial charge in [-0.15, -0.1) is 12.4 Å². The van der Waals surface area contributed by atoms with Crippen molar-refractivity contribution in [3.05, 3.63) is 35.1 Å². The minimum atomic E-state index is -0.0948. The zero-order valence-corrected chi connectivity index (χ0v) is 8.11. The van der Waals surface area contributed by atoms with Gasteiger partial charge in [-0.05, 0) is 36.5 Å². The summed E-state index contributed by atoms with van der Waals surface area (Å²) in [5.41, 5.74) is 7.68. The van der Waals surface area contributed by atoms with Gasteiger partial charge >= 0.3 is 0 Å². The Hall–Kier alpha value is -0.600. The molecular weight excluding hydrogens is 189 g/mol. The molecule has 1 atom stereocenters. The average Bonchev–Trinajstić information content (AvgIpc) is 2.07. The van der Waals surface area contributed by atoms with E-state index in [2.05, 4.69) is 0 Å². The molecule has 0 aliphatic heterocycles. The number of benzene rings is 1. The van der Waals surface area contributed by atoms with Crippen molar-refractivity contribution in [2.75, 3.05) is 0 Å². The topological polar surface area (TPSA) is 26.0 Å². The molecule has 0 unspecified atom stereocenters. The lowest BCUT2D eigenvalue weighted by molar-refractivity contribution is 0.531. The predicted octanol–water partition coefficient (Wildman–Crippen LogP) is 2.58.